The molecule has 0 radical (unpaired) electrons. The Morgan fingerprint density at radius 3 is 1.57 bits per heavy atom. The van der Waals surface area contributed by atoms with Gasteiger partial charge in [0, 0.05) is 64.7 Å². The number of allylic oxidation sites excluding steroid dienone is 2. The third-order valence-electron chi connectivity index (χ3n) is 17.8. The number of piperidine rings is 1. The molecule has 9 aromatic rings. The molecule has 0 bridgehead atoms. The van der Waals surface area contributed by atoms with E-state index < -0.39 is 0 Å². The summed E-state index contributed by atoms with van der Waals surface area (Å²) in [4.78, 5) is 39.0. The number of fused-ring (bicyclic) bond motifs is 3. The first-order chi connectivity index (χ1) is 47.2. The Bertz CT molecular complexity index is 4170. The normalized spacial score (nSPS) is 16.6. The van der Waals surface area contributed by atoms with Gasteiger partial charge >= 0.3 is 0 Å². The molecule has 2 aliphatic heterocycles. The van der Waals surface area contributed by atoms with Crippen molar-refractivity contribution in [2.75, 3.05) is 39.4 Å². The van der Waals surface area contributed by atoms with Crippen molar-refractivity contribution in [3.05, 3.63) is 257 Å². The summed E-state index contributed by atoms with van der Waals surface area (Å²) >= 11 is 25.4. The number of aromatic nitrogens is 6. The zero-order valence-corrected chi connectivity index (χ0v) is 56.9. The van der Waals surface area contributed by atoms with Gasteiger partial charge in [-0.1, -0.05) is 138 Å². The highest BCUT2D eigenvalue weighted by Crippen LogP contribution is 2.40. The summed E-state index contributed by atoms with van der Waals surface area (Å²) in [6, 6.07) is 43.6. The van der Waals surface area contributed by atoms with Crippen LogP contribution in [-0.4, -0.2) is 96.5 Å². The van der Waals surface area contributed by atoms with Crippen LogP contribution in [0.1, 0.15) is 153 Å². The largest absolute Gasteiger partial charge is 0.379 e. The molecule has 2 saturated heterocycles. The number of nitrogens with one attached hydrogen (secondary N) is 3. The molecule has 500 valence electrons. The van der Waals surface area contributed by atoms with Gasteiger partial charge in [-0.3, -0.25) is 29.9 Å². The molecule has 21 heteroatoms. The van der Waals surface area contributed by atoms with Gasteiger partial charge in [0.05, 0.1) is 64.3 Å². The maximum absolute atomic E-state index is 13.4. The molecule has 0 spiro atoms. The molecule has 6 aromatic carbocycles. The maximum atomic E-state index is 13.4. The van der Waals surface area contributed by atoms with Gasteiger partial charge < -0.3 is 10.1 Å². The Labute approximate surface area is 583 Å². The average Bonchev–Trinajstić information content (AvgIpc) is 1.62. The highest BCUT2D eigenvalue weighted by Gasteiger charge is 2.33. The second-order valence-electron chi connectivity index (χ2n) is 24.7. The summed E-state index contributed by atoms with van der Waals surface area (Å²) in [7, 11) is 0. The molecule has 5 aliphatic rings. The molecule has 14 rings (SSSR count). The molecule has 3 N–H and O–H groups in total. The molecule has 0 unspecified atom stereocenters. The number of nitrogens with zero attached hydrogens (tertiary/aromatic N) is 8. The average molecular weight is 1390 g/mol. The number of morpholine rings is 1. The van der Waals surface area contributed by atoms with Gasteiger partial charge in [-0.2, -0.15) is 15.3 Å². The predicted molar refractivity (Wildman–Crippen MR) is 381 cm³/mol. The van der Waals surface area contributed by atoms with Crippen molar-refractivity contribution in [1.82, 2.24) is 55.5 Å². The van der Waals surface area contributed by atoms with Crippen molar-refractivity contribution in [3.8, 4) is 11.4 Å². The Kier molecular flexibility index (Phi) is 22.7. The number of hydrazine groups is 2. The zero-order valence-electron chi connectivity index (χ0n) is 53.9. The van der Waals surface area contributed by atoms with Gasteiger partial charge in [0.2, 0.25) is 5.91 Å². The van der Waals surface area contributed by atoms with Crippen molar-refractivity contribution >= 4 is 93.5 Å². The molecule has 15 nitrogen and oxygen atoms in total. The monoisotopic (exact) mass is 1380 g/mol. The minimum absolute atomic E-state index is 0.0297. The van der Waals surface area contributed by atoms with E-state index in [0.29, 0.717) is 75.6 Å². The van der Waals surface area contributed by atoms with E-state index in [-0.39, 0.29) is 35.4 Å². The lowest BCUT2D eigenvalue weighted by Crippen LogP contribution is -2.48. The third-order valence-corrected chi connectivity index (χ3v) is 18.9. The summed E-state index contributed by atoms with van der Waals surface area (Å²) in [6.45, 7) is 6.82. The molecular weight excluding hydrogens is 1310 g/mol. The fourth-order valence-corrected chi connectivity index (χ4v) is 14.0. The van der Waals surface area contributed by atoms with Crippen LogP contribution in [0, 0.1) is 11.6 Å². The van der Waals surface area contributed by atoms with E-state index in [2.05, 4.69) is 45.1 Å². The number of rotatable bonds is 14. The van der Waals surface area contributed by atoms with E-state index in [1.165, 1.54) is 60.3 Å². The highest BCUT2D eigenvalue weighted by molar-refractivity contribution is 6.36. The molecule has 2 fully saturated rings. The Hall–Kier alpha value is -8.52. The Morgan fingerprint density at radius 2 is 1.04 bits per heavy atom. The molecule has 0 saturated carbocycles. The SMILES string of the molecule is C[C@H](NC(=O)/C=C/c1nn(Cc2ccccc2)c2c1CCCC2)c1ccccc1.O=C(NN1CCCCC1)c1nn(-c2ccc(Cl)cc2Cl)c2c1CCC/C2=C\c1ccc(F)cc1.O=C(NN1CCOCC1)c1nn(-c2ccc(Cl)cc2Cl)c2c1CCC/C2=C\c1ccc(F)cc1. The summed E-state index contributed by atoms with van der Waals surface area (Å²) in [5.41, 5.74) is 21.3. The standard InChI is InChI=1S/C26H25Cl2FN4O.C25H23Cl2FN4O2.C25H27N3O/c27-19-9-12-23(22(28)16-19)33-25-18(15-17-7-10-20(29)11-8-17)5-4-6-21(25)24(30-33)26(34)31-32-13-2-1-3-14-32;26-18-6-9-22(21(27)15-18)32-24-17(14-16-4-7-19(28)8-5-16)2-1-3-20(24)23(29-32)25(33)30-31-10-12-34-13-11-31;1-19(21-12-6-3-7-13-21)26-25(29)17-16-23-22-14-8-9-15-24(22)28(27-23)18-20-10-4-2-5-11-20/h7-12,15-16H,1-6,13-14H2,(H,31,34);4-9,14-15H,1-3,10-13H2,(H,30,33);2-7,10-13,16-17,19H,8-9,14-15,18H2,1H3,(H,26,29)/b18-15+;17-14+;17-16+/t;;19-/m..0/s1. The Balaban J connectivity index is 0.000000139. The van der Waals surface area contributed by atoms with Crippen LogP contribution in [0.5, 0.6) is 0 Å². The van der Waals surface area contributed by atoms with Crippen LogP contribution in [0.2, 0.25) is 20.1 Å². The number of halogens is 6. The lowest BCUT2D eigenvalue weighted by Gasteiger charge is -2.26. The molecule has 5 heterocycles. The first kappa shape index (κ1) is 68.4. The fourth-order valence-electron chi connectivity index (χ4n) is 13.0. The van der Waals surface area contributed by atoms with Crippen LogP contribution in [-0.2, 0) is 41.8 Å². The van der Waals surface area contributed by atoms with Crippen LogP contribution in [0.4, 0.5) is 8.78 Å². The first-order valence-corrected chi connectivity index (χ1v) is 34.6. The third kappa shape index (κ3) is 17.1. The first-order valence-electron chi connectivity index (χ1n) is 33.1. The minimum Gasteiger partial charge on any atom is -0.379 e. The fraction of sp³-hybridized carbons (Fsp3) is 0.289. The van der Waals surface area contributed by atoms with Gasteiger partial charge in [-0.05, 0) is 196 Å². The lowest BCUT2D eigenvalue weighted by atomic mass is 9.89. The van der Waals surface area contributed by atoms with Crippen LogP contribution >= 0.6 is 46.4 Å². The van der Waals surface area contributed by atoms with Crippen LogP contribution in [0.25, 0.3) is 40.7 Å². The van der Waals surface area contributed by atoms with E-state index >= 15 is 0 Å². The van der Waals surface area contributed by atoms with Gasteiger partial charge in [0.25, 0.3) is 11.8 Å². The number of ether oxygens (including phenoxy) is 1. The number of benzene rings is 6. The molecule has 3 aliphatic carbocycles. The Morgan fingerprint density at radius 1 is 0.546 bits per heavy atom. The van der Waals surface area contributed by atoms with Gasteiger partial charge in [-0.15, -0.1) is 0 Å². The number of amides is 3. The van der Waals surface area contributed by atoms with E-state index in [9.17, 15) is 23.2 Å². The van der Waals surface area contributed by atoms with Crippen molar-refractivity contribution in [2.45, 2.75) is 103 Å². The summed E-state index contributed by atoms with van der Waals surface area (Å²) in [5.74, 6) is -1.12. The molecule has 3 aromatic heterocycles. The van der Waals surface area contributed by atoms with Crippen molar-refractivity contribution < 1.29 is 27.9 Å². The number of hydrogen-bond acceptors (Lipinski definition) is 9. The topological polar surface area (TPSA) is 156 Å². The highest BCUT2D eigenvalue weighted by atomic mass is 35.5. The number of carbonyl (C=O) groups excluding carboxylic acids is 3. The summed E-state index contributed by atoms with van der Waals surface area (Å²) in [5, 5.41) is 23.2. The summed E-state index contributed by atoms with van der Waals surface area (Å²) in [6.07, 6.45) is 20.2. The number of carbonyl (C=O) groups is 3. The van der Waals surface area contributed by atoms with E-state index in [0.717, 1.165) is 133 Å². The molecule has 3 amide bonds. The smallest absolute Gasteiger partial charge is 0.286 e. The van der Waals surface area contributed by atoms with Crippen molar-refractivity contribution in [2.24, 2.45) is 0 Å². The van der Waals surface area contributed by atoms with E-state index in [1.54, 1.807) is 70.0 Å². The zero-order chi connectivity index (χ0) is 67.4. The van der Waals surface area contributed by atoms with Crippen LogP contribution < -0.4 is 16.2 Å². The molecule has 1 atom stereocenters. The van der Waals surface area contributed by atoms with Crippen molar-refractivity contribution in [1.29, 1.82) is 0 Å². The second kappa shape index (κ2) is 32.2. The summed E-state index contributed by atoms with van der Waals surface area (Å²) < 4.78 is 37.9. The van der Waals surface area contributed by atoms with Gasteiger partial charge in [0.1, 0.15) is 11.6 Å². The van der Waals surface area contributed by atoms with Crippen LogP contribution in [0.15, 0.2) is 152 Å². The minimum atomic E-state index is -0.286. The van der Waals surface area contributed by atoms with E-state index in [4.69, 9.17) is 66.4 Å². The quantitative estimate of drug-likeness (QED) is 0.0902. The number of hydrogen-bond donors (Lipinski definition) is 3. The second-order valence-corrected chi connectivity index (χ2v) is 26.4. The maximum Gasteiger partial charge on any atom is 0.286 e. The molecular formula is C76H75Cl4F2N11O4. The lowest BCUT2D eigenvalue weighted by molar-refractivity contribution is -0.117. The van der Waals surface area contributed by atoms with Crippen LogP contribution in [0.3, 0.4) is 0 Å². The van der Waals surface area contributed by atoms with Gasteiger partial charge in [0.15, 0.2) is 11.4 Å². The molecule has 97 heavy (non-hydrogen) atoms. The van der Waals surface area contributed by atoms with E-state index in [1.807, 2.05) is 77.6 Å². The van der Waals surface area contributed by atoms with Gasteiger partial charge in [-0.25, -0.2) is 28.2 Å². The van der Waals surface area contributed by atoms with Crippen molar-refractivity contribution in [3.63, 3.8) is 0 Å². The predicted octanol–water partition coefficient (Wildman–Crippen LogP) is 16.2.